The summed E-state index contributed by atoms with van der Waals surface area (Å²) in [7, 11) is 0. The Hall–Kier alpha value is -5.70. The summed E-state index contributed by atoms with van der Waals surface area (Å²) in [5.41, 5.74) is 8.42. The van der Waals surface area contributed by atoms with E-state index in [1.807, 2.05) is 11.3 Å². The van der Waals surface area contributed by atoms with Crippen LogP contribution in [0.3, 0.4) is 0 Å². The van der Waals surface area contributed by atoms with E-state index in [-0.39, 0.29) is 0 Å². The van der Waals surface area contributed by atoms with Gasteiger partial charge < -0.3 is 4.90 Å². The van der Waals surface area contributed by atoms with E-state index in [9.17, 15) is 0 Å². The number of fused-ring (bicyclic) bond motifs is 5. The monoisotopic (exact) mass is 603 g/mol. The van der Waals surface area contributed by atoms with Gasteiger partial charge in [-0.3, -0.25) is 0 Å². The first-order valence-corrected chi connectivity index (χ1v) is 16.5. The highest BCUT2D eigenvalue weighted by Crippen LogP contribution is 2.46. The zero-order valence-electron chi connectivity index (χ0n) is 25.1. The highest BCUT2D eigenvalue weighted by atomic mass is 32.1. The molecule has 0 atom stereocenters. The number of nitrogens with zero attached hydrogens (tertiary/aromatic N) is 1. The van der Waals surface area contributed by atoms with Crippen molar-refractivity contribution in [3.05, 3.63) is 176 Å². The first-order chi connectivity index (χ1) is 22.8. The first kappa shape index (κ1) is 26.7. The molecule has 0 aliphatic rings. The molecular weight excluding hydrogens is 575 g/mol. The number of thiophene rings is 1. The molecule has 0 unspecified atom stereocenters. The lowest BCUT2D eigenvalue weighted by Gasteiger charge is -2.26. The number of para-hydroxylation sites is 1. The number of anilines is 3. The predicted molar refractivity (Wildman–Crippen MR) is 200 cm³/mol. The molecule has 0 amide bonds. The van der Waals surface area contributed by atoms with Crippen molar-refractivity contribution < 1.29 is 0 Å². The maximum absolute atomic E-state index is 2.40. The van der Waals surface area contributed by atoms with Gasteiger partial charge in [0.05, 0.1) is 10.4 Å². The van der Waals surface area contributed by atoms with Crippen LogP contribution < -0.4 is 4.90 Å². The molecule has 1 nitrogen and oxygen atoms in total. The van der Waals surface area contributed by atoms with Crippen LogP contribution in [0.2, 0.25) is 0 Å². The highest BCUT2D eigenvalue weighted by molar-refractivity contribution is 7.26. The molecule has 0 aliphatic heterocycles. The Labute approximate surface area is 272 Å². The molecule has 0 N–H and O–H groups in total. The molecule has 0 fully saturated rings. The molecule has 2 heteroatoms. The fraction of sp³-hybridized carbons (Fsp3) is 0. The average molecular weight is 604 g/mol. The van der Waals surface area contributed by atoms with Crippen LogP contribution >= 0.6 is 11.3 Å². The largest absolute Gasteiger partial charge is 0.309 e. The van der Waals surface area contributed by atoms with Crippen molar-refractivity contribution in [1.82, 2.24) is 0 Å². The minimum Gasteiger partial charge on any atom is -0.309 e. The molecule has 0 radical (unpaired) electrons. The third-order valence-electron chi connectivity index (χ3n) is 9.05. The van der Waals surface area contributed by atoms with Crippen LogP contribution in [0.5, 0.6) is 0 Å². The van der Waals surface area contributed by atoms with Crippen LogP contribution in [0.15, 0.2) is 176 Å². The Morgan fingerprint density at radius 2 is 0.913 bits per heavy atom. The quantitative estimate of drug-likeness (QED) is 0.189. The zero-order chi connectivity index (χ0) is 30.5. The second kappa shape index (κ2) is 11.0. The maximum Gasteiger partial charge on any atom is 0.0640 e. The molecule has 46 heavy (non-hydrogen) atoms. The van der Waals surface area contributed by atoms with Crippen LogP contribution in [0.4, 0.5) is 17.1 Å². The van der Waals surface area contributed by atoms with Crippen LogP contribution in [0, 0.1) is 0 Å². The van der Waals surface area contributed by atoms with Gasteiger partial charge in [0.2, 0.25) is 0 Å². The number of hydrogen-bond donors (Lipinski definition) is 0. The zero-order valence-corrected chi connectivity index (χ0v) is 25.9. The maximum atomic E-state index is 2.40. The topological polar surface area (TPSA) is 3.24 Å². The summed E-state index contributed by atoms with van der Waals surface area (Å²) in [4.78, 5) is 2.40. The van der Waals surface area contributed by atoms with Gasteiger partial charge in [0.25, 0.3) is 0 Å². The Kier molecular flexibility index (Phi) is 6.40. The van der Waals surface area contributed by atoms with Gasteiger partial charge in [0.1, 0.15) is 0 Å². The van der Waals surface area contributed by atoms with Gasteiger partial charge in [0.15, 0.2) is 0 Å². The Morgan fingerprint density at radius 3 is 1.61 bits per heavy atom. The van der Waals surface area contributed by atoms with Crippen molar-refractivity contribution >= 4 is 70.1 Å². The molecule has 0 bridgehead atoms. The van der Waals surface area contributed by atoms with Crippen molar-refractivity contribution in [3.63, 3.8) is 0 Å². The lowest BCUT2D eigenvalue weighted by Crippen LogP contribution is -2.09. The summed E-state index contributed by atoms with van der Waals surface area (Å²) in [6.07, 6.45) is 0. The van der Waals surface area contributed by atoms with Crippen molar-refractivity contribution in [2.75, 3.05) is 4.90 Å². The Bertz CT molecular complexity index is 2510. The normalized spacial score (nSPS) is 11.5. The minimum absolute atomic E-state index is 1.13. The third kappa shape index (κ3) is 4.46. The molecule has 9 rings (SSSR count). The van der Waals surface area contributed by atoms with Gasteiger partial charge in [-0.05, 0) is 86.3 Å². The van der Waals surface area contributed by atoms with E-state index in [1.165, 1.54) is 69.7 Å². The Balaban J connectivity index is 1.18. The lowest BCUT2D eigenvalue weighted by molar-refractivity contribution is 1.30. The van der Waals surface area contributed by atoms with Crippen molar-refractivity contribution in [1.29, 1.82) is 0 Å². The van der Waals surface area contributed by atoms with Crippen LogP contribution in [-0.2, 0) is 0 Å². The summed E-state index contributed by atoms with van der Waals surface area (Å²) < 4.78 is 2.61. The minimum atomic E-state index is 1.13. The molecule has 0 saturated heterocycles. The molecule has 1 aromatic heterocycles. The summed E-state index contributed by atoms with van der Waals surface area (Å²) >= 11 is 1.88. The number of hydrogen-bond acceptors (Lipinski definition) is 2. The van der Waals surface area contributed by atoms with Crippen molar-refractivity contribution in [3.8, 4) is 22.3 Å². The fourth-order valence-corrected chi connectivity index (χ4v) is 8.10. The average Bonchev–Trinajstić information content (AvgIpc) is 3.49. The number of benzene rings is 8. The summed E-state index contributed by atoms with van der Waals surface area (Å²) in [5.74, 6) is 0. The van der Waals surface area contributed by atoms with E-state index in [2.05, 4.69) is 181 Å². The summed E-state index contributed by atoms with van der Waals surface area (Å²) in [5, 5.41) is 7.70. The molecule has 0 saturated carbocycles. The second-order valence-electron chi connectivity index (χ2n) is 11.7. The summed E-state index contributed by atoms with van der Waals surface area (Å²) in [6, 6.07) is 63.8. The molecule has 1 heterocycles. The van der Waals surface area contributed by atoms with E-state index in [4.69, 9.17) is 0 Å². The van der Waals surface area contributed by atoms with Gasteiger partial charge in [-0.2, -0.15) is 0 Å². The molecule has 0 spiro atoms. The Morgan fingerprint density at radius 1 is 0.370 bits per heavy atom. The lowest BCUT2D eigenvalue weighted by atomic mass is 9.92. The molecule has 0 aliphatic carbocycles. The summed E-state index contributed by atoms with van der Waals surface area (Å²) in [6.45, 7) is 0. The first-order valence-electron chi connectivity index (χ1n) is 15.7. The third-order valence-corrected chi connectivity index (χ3v) is 10.2. The van der Waals surface area contributed by atoms with Crippen molar-refractivity contribution in [2.24, 2.45) is 0 Å². The van der Waals surface area contributed by atoms with Crippen LogP contribution in [-0.4, -0.2) is 0 Å². The van der Waals surface area contributed by atoms with Crippen molar-refractivity contribution in [2.45, 2.75) is 0 Å². The van der Waals surface area contributed by atoms with Gasteiger partial charge in [0, 0.05) is 26.8 Å². The van der Waals surface area contributed by atoms with E-state index in [0.717, 1.165) is 11.4 Å². The smallest absolute Gasteiger partial charge is 0.0640 e. The van der Waals surface area contributed by atoms with Crippen LogP contribution in [0.1, 0.15) is 0 Å². The van der Waals surface area contributed by atoms with Gasteiger partial charge in [-0.15, -0.1) is 11.3 Å². The molecular formula is C44H29NS. The van der Waals surface area contributed by atoms with Gasteiger partial charge in [-0.25, -0.2) is 0 Å². The molecule has 216 valence electrons. The van der Waals surface area contributed by atoms with E-state index in [1.54, 1.807) is 0 Å². The fourth-order valence-electron chi connectivity index (χ4n) is 6.86. The second-order valence-corrected chi connectivity index (χ2v) is 12.8. The SMILES string of the molecule is c1ccc(-c2ccc(-c3ccc(N(c4ccccc4)c4cccc5c4sc4cc6ccccc6cc45)cc3)c3ccccc23)cc1. The predicted octanol–water partition coefficient (Wildman–Crippen LogP) is 13.2. The van der Waals surface area contributed by atoms with E-state index >= 15 is 0 Å². The number of rotatable bonds is 5. The van der Waals surface area contributed by atoms with Gasteiger partial charge >= 0.3 is 0 Å². The van der Waals surface area contributed by atoms with E-state index < -0.39 is 0 Å². The van der Waals surface area contributed by atoms with Crippen LogP contribution in [0.25, 0.3) is 64.0 Å². The van der Waals surface area contributed by atoms with Gasteiger partial charge in [-0.1, -0.05) is 133 Å². The molecule has 9 aromatic rings. The standard InChI is InChI=1S/C44H29NS/c1-3-12-30(13-4-1)36-26-27-37(39-19-10-9-18-38(36)39)31-22-24-35(25-23-31)45(34-16-5-2-6-17-34)42-21-11-20-40-41-28-32-14-7-8-15-33(32)29-43(41)46-44(40)42/h1-29H. The van der Waals surface area contributed by atoms with E-state index in [0.29, 0.717) is 0 Å². The molecule has 8 aromatic carbocycles. The highest BCUT2D eigenvalue weighted by Gasteiger charge is 2.19.